The van der Waals surface area contributed by atoms with E-state index in [1.165, 1.54) is 108 Å². The third-order valence-electron chi connectivity index (χ3n) is 5.84. The number of hydrogen-bond donors (Lipinski definition) is 2. The van der Waals surface area contributed by atoms with Crippen molar-refractivity contribution in [2.24, 2.45) is 0 Å². The fourth-order valence-electron chi connectivity index (χ4n) is 3.64. The van der Waals surface area contributed by atoms with Crippen molar-refractivity contribution in [3.05, 3.63) is 0 Å². The van der Waals surface area contributed by atoms with Gasteiger partial charge in [0.25, 0.3) is 0 Å². The normalized spacial score (nSPS) is 11.9. The predicted octanol–water partition coefficient (Wildman–Crippen LogP) is 7.84. The van der Waals surface area contributed by atoms with Crippen LogP contribution in [0.3, 0.4) is 0 Å². The topological polar surface area (TPSA) is 83.8 Å². The number of hydrogen-bond acceptors (Lipinski definition) is 3. The lowest BCUT2D eigenvalue weighted by molar-refractivity contribution is 0.287. The molecule has 5 nitrogen and oxygen atoms in total. The quantitative estimate of drug-likeness (QED) is 0.118. The average Bonchev–Trinajstić information content (AvgIpc) is 2.67. The van der Waals surface area contributed by atoms with E-state index in [9.17, 15) is 0 Å². The molecule has 0 fully saturated rings. The van der Waals surface area contributed by atoms with Crippen LogP contribution in [-0.2, 0) is 14.8 Å². The van der Waals surface area contributed by atoms with Gasteiger partial charge in [0.2, 0.25) is 0 Å². The highest BCUT2D eigenvalue weighted by atomic mass is 32.3. The maximum Gasteiger partial charge on any atom is 0.394 e. The Labute approximate surface area is 183 Å². The van der Waals surface area contributed by atoms with E-state index < -0.39 is 18.7 Å². The molecular formula is C22H50O5SSi. The molecule has 2 N–H and O–H groups in total. The maximum atomic E-state index is 8.74. The van der Waals surface area contributed by atoms with E-state index in [1.54, 1.807) is 0 Å². The van der Waals surface area contributed by atoms with Gasteiger partial charge < -0.3 is 4.43 Å². The van der Waals surface area contributed by atoms with Gasteiger partial charge in [0.05, 0.1) is 0 Å². The van der Waals surface area contributed by atoms with Crippen LogP contribution in [0.15, 0.2) is 0 Å². The van der Waals surface area contributed by atoms with Crippen molar-refractivity contribution in [1.82, 2.24) is 0 Å². The van der Waals surface area contributed by atoms with Gasteiger partial charge in [-0.3, -0.25) is 9.11 Å². The summed E-state index contributed by atoms with van der Waals surface area (Å²) in [5.74, 6) is 0. The number of rotatable bonds is 19. The third-order valence-corrected chi connectivity index (χ3v) is 10.5. The summed E-state index contributed by atoms with van der Waals surface area (Å²) in [6.45, 7) is 10.3. The van der Waals surface area contributed by atoms with Gasteiger partial charge in [-0.15, -0.1) is 0 Å². The largest absolute Gasteiger partial charge is 0.417 e. The minimum absolute atomic E-state index is 1.03. The van der Waals surface area contributed by atoms with Gasteiger partial charge in [-0.1, -0.05) is 111 Å². The second-order valence-electron chi connectivity index (χ2n) is 8.14. The summed E-state index contributed by atoms with van der Waals surface area (Å²) in [7, 11) is -5.99. The third kappa shape index (κ3) is 26.0. The summed E-state index contributed by atoms with van der Waals surface area (Å²) in [6.07, 6.45) is 20.0. The molecule has 0 bridgehead atoms. The first-order valence-electron chi connectivity index (χ1n) is 12.1. The van der Waals surface area contributed by atoms with Crippen molar-refractivity contribution in [3.8, 4) is 0 Å². The van der Waals surface area contributed by atoms with E-state index in [0.717, 1.165) is 6.61 Å². The van der Waals surface area contributed by atoms with Crippen LogP contribution in [0, 0.1) is 0 Å². The van der Waals surface area contributed by atoms with Crippen molar-refractivity contribution < 1.29 is 21.9 Å². The molecule has 0 atom stereocenters. The van der Waals surface area contributed by atoms with Crippen LogP contribution < -0.4 is 0 Å². The Bertz CT molecular complexity index is 409. The lowest BCUT2D eigenvalue weighted by atomic mass is 10.0. The predicted molar refractivity (Wildman–Crippen MR) is 128 cm³/mol. The van der Waals surface area contributed by atoms with E-state index in [0.29, 0.717) is 0 Å². The van der Waals surface area contributed by atoms with Crippen LogP contribution in [0.5, 0.6) is 0 Å². The summed E-state index contributed by atoms with van der Waals surface area (Å²) in [5.41, 5.74) is 0. The lowest BCUT2D eigenvalue weighted by Crippen LogP contribution is -2.36. The van der Waals surface area contributed by atoms with Crippen molar-refractivity contribution in [2.45, 2.75) is 136 Å². The SMILES string of the molecule is CCCCCCCCCCCCCCCCO[Si](CC)(CC)CC.O=S(=O)(O)O. The highest BCUT2D eigenvalue weighted by molar-refractivity contribution is 7.79. The molecule has 0 rings (SSSR count). The highest BCUT2D eigenvalue weighted by Gasteiger charge is 2.27. The molecule has 0 aliphatic heterocycles. The molecule has 0 aliphatic carbocycles. The van der Waals surface area contributed by atoms with E-state index in [2.05, 4.69) is 27.7 Å². The second-order valence-corrected chi connectivity index (χ2v) is 13.8. The van der Waals surface area contributed by atoms with Gasteiger partial charge in [-0.05, 0) is 24.6 Å². The monoisotopic (exact) mass is 454 g/mol. The average molecular weight is 455 g/mol. The van der Waals surface area contributed by atoms with Gasteiger partial charge in [-0.25, -0.2) is 0 Å². The molecular weight excluding hydrogens is 404 g/mol. The van der Waals surface area contributed by atoms with Gasteiger partial charge in [0, 0.05) is 6.61 Å². The van der Waals surface area contributed by atoms with Gasteiger partial charge in [-0.2, -0.15) is 8.42 Å². The Morgan fingerprint density at radius 1 is 0.586 bits per heavy atom. The van der Waals surface area contributed by atoms with Crippen molar-refractivity contribution in [1.29, 1.82) is 0 Å². The van der Waals surface area contributed by atoms with Crippen molar-refractivity contribution in [3.63, 3.8) is 0 Å². The molecule has 178 valence electrons. The molecule has 0 radical (unpaired) electrons. The Morgan fingerprint density at radius 2 is 0.862 bits per heavy atom. The summed E-state index contributed by atoms with van der Waals surface area (Å²) < 4.78 is 37.9. The standard InChI is InChI=1S/C22H48OSi.H2O4S/c1-5-9-10-11-12-13-14-15-16-17-18-19-20-21-22-23-24(6-2,7-3)8-4;1-5(2,3)4/h5-22H2,1-4H3;(H2,1,2,3,4). The first-order valence-corrected chi connectivity index (χ1v) is 16.0. The fourth-order valence-corrected chi connectivity index (χ4v) is 6.33. The molecule has 0 aromatic heterocycles. The Hall–Kier alpha value is 0.0469. The van der Waals surface area contributed by atoms with Crippen LogP contribution in [-0.4, -0.2) is 32.4 Å². The van der Waals surface area contributed by atoms with Crippen LogP contribution in [0.1, 0.15) is 118 Å². The zero-order chi connectivity index (χ0) is 22.4. The Kier molecular flexibility index (Phi) is 22.9. The van der Waals surface area contributed by atoms with Crippen LogP contribution in [0.2, 0.25) is 18.1 Å². The van der Waals surface area contributed by atoms with Crippen LogP contribution >= 0.6 is 0 Å². The fraction of sp³-hybridized carbons (Fsp3) is 1.00. The molecule has 0 aromatic carbocycles. The smallest absolute Gasteiger partial charge is 0.394 e. The first-order chi connectivity index (χ1) is 13.7. The van der Waals surface area contributed by atoms with Crippen LogP contribution in [0.25, 0.3) is 0 Å². The molecule has 0 aliphatic rings. The molecule has 7 heteroatoms. The van der Waals surface area contributed by atoms with E-state index >= 15 is 0 Å². The summed E-state index contributed by atoms with van der Waals surface area (Å²) in [4.78, 5) is 0. The second kappa shape index (κ2) is 21.3. The minimum atomic E-state index is -4.67. The first kappa shape index (κ1) is 31.2. The minimum Gasteiger partial charge on any atom is -0.417 e. The highest BCUT2D eigenvalue weighted by Crippen LogP contribution is 2.22. The van der Waals surface area contributed by atoms with Gasteiger partial charge in [0.15, 0.2) is 8.32 Å². The van der Waals surface area contributed by atoms with E-state index in [1.807, 2.05) is 0 Å². The molecule has 0 heterocycles. The molecule has 0 spiro atoms. The van der Waals surface area contributed by atoms with Crippen molar-refractivity contribution >= 4 is 18.7 Å². The molecule has 0 saturated carbocycles. The van der Waals surface area contributed by atoms with Crippen LogP contribution in [0.4, 0.5) is 0 Å². The lowest BCUT2D eigenvalue weighted by Gasteiger charge is -2.27. The summed E-state index contributed by atoms with van der Waals surface area (Å²) >= 11 is 0. The summed E-state index contributed by atoms with van der Waals surface area (Å²) in [5, 5.41) is 0. The van der Waals surface area contributed by atoms with E-state index in [-0.39, 0.29) is 0 Å². The Morgan fingerprint density at radius 3 is 1.14 bits per heavy atom. The number of unbranched alkanes of at least 4 members (excludes halogenated alkanes) is 13. The zero-order valence-electron chi connectivity index (χ0n) is 19.8. The molecule has 0 amide bonds. The Balaban J connectivity index is 0. The summed E-state index contributed by atoms with van der Waals surface area (Å²) in [6, 6.07) is 3.87. The maximum absolute atomic E-state index is 8.74. The molecule has 29 heavy (non-hydrogen) atoms. The molecule has 0 aromatic rings. The van der Waals surface area contributed by atoms with Gasteiger partial charge >= 0.3 is 10.4 Å². The molecule has 0 unspecified atom stereocenters. The molecule has 0 saturated heterocycles. The van der Waals surface area contributed by atoms with E-state index in [4.69, 9.17) is 21.9 Å². The zero-order valence-corrected chi connectivity index (χ0v) is 21.6. The van der Waals surface area contributed by atoms with Crippen molar-refractivity contribution in [2.75, 3.05) is 6.61 Å². The van der Waals surface area contributed by atoms with Gasteiger partial charge in [0.1, 0.15) is 0 Å².